The van der Waals surface area contributed by atoms with Crippen molar-refractivity contribution in [1.29, 1.82) is 0 Å². The van der Waals surface area contributed by atoms with Gasteiger partial charge in [0.25, 0.3) is 0 Å². The summed E-state index contributed by atoms with van der Waals surface area (Å²) in [6, 6.07) is 0. The van der Waals surface area contributed by atoms with Crippen LogP contribution in [0, 0.1) is 0 Å². The van der Waals surface area contributed by atoms with Crippen LogP contribution in [-0.4, -0.2) is 26.8 Å². The summed E-state index contributed by atoms with van der Waals surface area (Å²) in [6.45, 7) is 0. The number of aldehydes is 1. The molecule has 0 N–H and O–H groups in total. The van der Waals surface area contributed by atoms with Crippen LogP contribution in [0.4, 0.5) is 0 Å². The van der Waals surface area contributed by atoms with E-state index < -0.39 is 6.29 Å². The third-order valence-corrected chi connectivity index (χ3v) is 0.576. The molecule has 3 nitrogen and oxygen atoms in total. The van der Waals surface area contributed by atoms with Gasteiger partial charge in [-0.05, 0) is 0 Å². The molecule has 0 heterocycles. The van der Waals surface area contributed by atoms with Gasteiger partial charge in [0, 0.05) is 33.7 Å². The van der Waals surface area contributed by atoms with Crippen molar-refractivity contribution in [2.24, 2.45) is 0 Å². The largest absolute Gasteiger partial charge is 0.350 e. The van der Waals surface area contributed by atoms with Crippen molar-refractivity contribution in [3.8, 4) is 0 Å². The molecule has 0 fully saturated rings. The number of hydrogen-bond acceptors (Lipinski definition) is 3. The van der Waals surface area contributed by atoms with Crippen molar-refractivity contribution in [3.63, 3.8) is 0 Å². The van der Waals surface area contributed by atoms with Crippen LogP contribution in [0.2, 0.25) is 0 Å². The molecule has 0 atom stereocenters. The maximum absolute atomic E-state index is 9.72. The molecule has 4 heteroatoms. The molecule has 44 valence electrons. The summed E-state index contributed by atoms with van der Waals surface area (Å²) in [7, 11) is 2.81. The molecule has 0 aliphatic heterocycles. The first-order valence-electron chi connectivity index (χ1n) is 1.86. The Balaban J connectivity index is 0. The molecule has 0 spiro atoms. The topological polar surface area (TPSA) is 35.5 Å². The van der Waals surface area contributed by atoms with Crippen LogP contribution in [0.1, 0.15) is 0 Å². The van der Waals surface area contributed by atoms with Gasteiger partial charge < -0.3 is 9.47 Å². The van der Waals surface area contributed by atoms with Crippen LogP contribution in [0.5, 0.6) is 0 Å². The number of carbonyl (C=O) groups excluding carboxylic acids is 1. The number of ether oxygens (including phenoxy) is 2. The van der Waals surface area contributed by atoms with E-state index in [1.807, 2.05) is 0 Å². The van der Waals surface area contributed by atoms with Crippen LogP contribution in [0.15, 0.2) is 0 Å². The molecule has 0 aromatic rings. The predicted octanol–water partition coefficient (Wildman–Crippen LogP) is -0.198. The summed E-state index contributed by atoms with van der Waals surface area (Å²) in [5.74, 6) is 0. The zero-order valence-electron chi connectivity index (χ0n) is 5.09. The van der Waals surface area contributed by atoms with Crippen molar-refractivity contribution < 1.29 is 33.7 Å². The number of hydrogen-bond donors (Lipinski definition) is 0. The van der Waals surface area contributed by atoms with Gasteiger partial charge in [-0.1, -0.05) is 0 Å². The Labute approximate surface area is 61.1 Å². The maximum Gasteiger partial charge on any atom is 0.214 e. The zero-order chi connectivity index (χ0) is 5.70. The molecule has 0 radical (unpaired) electrons. The summed E-state index contributed by atoms with van der Waals surface area (Å²) in [5.41, 5.74) is 0. The van der Waals surface area contributed by atoms with Gasteiger partial charge in [0.1, 0.15) is 0 Å². The van der Waals surface area contributed by atoms with Gasteiger partial charge in [-0.15, -0.1) is 0 Å². The molecule has 0 aliphatic carbocycles. The van der Waals surface area contributed by atoms with E-state index in [2.05, 4.69) is 9.47 Å². The van der Waals surface area contributed by atoms with Gasteiger partial charge in [-0.25, -0.2) is 0 Å². The number of methoxy groups -OCH3 is 2. The molecule has 8 heavy (non-hydrogen) atoms. The van der Waals surface area contributed by atoms with Gasteiger partial charge in [0.05, 0.1) is 0 Å². The molecule has 0 amide bonds. The SMILES string of the molecule is COC(C=O)OC.[Zn]. The molecular weight excluding hydrogens is 161 g/mol. The fourth-order valence-corrected chi connectivity index (χ4v) is 0.207. The first-order chi connectivity index (χ1) is 3.35. The third kappa shape index (κ3) is 4.37. The second-order valence-corrected chi connectivity index (χ2v) is 0.976. The average Bonchev–Trinajstić information content (AvgIpc) is 1.72. The first kappa shape index (κ1) is 11.1. The Morgan fingerprint density at radius 3 is 1.75 bits per heavy atom. The molecular formula is C4H8O3Zn. The number of carbonyl (C=O) groups is 1. The number of rotatable bonds is 3. The van der Waals surface area contributed by atoms with Crippen molar-refractivity contribution in [2.75, 3.05) is 14.2 Å². The second-order valence-electron chi connectivity index (χ2n) is 0.976. The van der Waals surface area contributed by atoms with Crippen LogP contribution in [0.3, 0.4) is 0 Å². The van der Waals surface area contributed by atoms with E-state index in [9.17, 15) is 4.79 Å². The fraction of sp³-hybridized carbons (Fsp3) is 0.750. The van der Waals surface area contributed by atoms with Crippen LogP contribution in [-0.2, 0) is 33.7 Å². The normalized spacial score (nSPS) is 8.38. The minimum atomic E-state index is -0.694. The third-order valence-electron chi connectivity index (χ3n) is 0.576. The quantitative estimate of drug-likeness (QED) is 0.334. The molecule has 0 saturated carbocycles. The average molecular weight is 169 g/mol. The summed E-state index contributed by atoms with van der Waals surface area (Å²) in [6.07, 6.45) is -0.111. The smallest absolute Gasteiger partial charge is 0.214 e. The summed E-state index contributed by atoms with van der Waals surface area (Å²) >= 11 is 0. The van der Waals surface area contributed by atoms with E-state index >= 15 is 0 Å². The fourth-order valence-electron chi connectivity index (χ4n) is 0.207. The minimum absolute atomic E-state index is 0. The molecule has 0 rings (SSSR count). The molecule has 0 aromatic carbocycles. The van der Waals surface area contributed by atoms with Crippen LogP contribution < -0.4 is 0 Å². The minimum Gasteiger partial charge on any atom is -0.350 e. The van der Waals surface area contributed by atoms with Gasteiger partial charge >= 0.3 is 0 Å². The van der Waals surface area contributed by atoms with Gasteiger partial charge in [-0.2, -0.15) is 0 Å². The molecule has 0 unspecified atom stereocenters. The molecule has 0 saturated heterocycles. The Morgan fingerprint density at radius 2 is 1.75 bits per heavy atom. The first-order valence-corrected chi connectivity index (χ1v) is 1.86. The van der Waals surface area contributed by atoms with Crippen molar-refractivity contribution >= 4 is 6.29 Å². The Bertz CT molecular complexity index is 53.2. The standard InChI is InChI=1S/C4H8O3.Zn/c1-6-4(3-5)7-2;/h3-4H,1-2H3;. The van der Waals surface area contributed by atoms with E-state index in [1.54, 1.807) is 0 Å². The summed E-state index contributed by atoms with van der Waals surface area (Å²) < 4.78 is 8.92. The molecule has 0 aliphatic rings. The van der Waals surface area contributed by atoms with Crippen LogP contribution in [0.25, 0.3) is 0 Å². The van der Waals surface area contributed by atoms with E-state index in [0.717, 1.165) is 0 Å². The molecule has 0 bridgehead atoms. The monoisotopic (exact) mass is 168 g/mol. The van der Waals surface area contributed by atoms with E-state index in [0.29, 0.717) is 6.29 Å². The summed E-state index contributed by atoms with van der Waals surface area (Å²) in [4.78, 5) is 9.72. The van der Waals surface area contributed by atoms with Gasteiger partial charge in [0.2, 0.25) is 6.29 Å². The molecule has 0 aromatic heterocycles. The van der Waals surface area contributed by atoms with E-state index in [-0.39, 0.29) is 19.5 Å². The van der Waals surface area contributed by atoms with Gasteiger partial charge in [0.15, 0.2) is 6.29 Å². The zero-order valence-corrected chi connectivity index (χ0v) is 8.05. The van der Waals surface area contributed by atoms with Crippen molar-refractivity contribution in [1.82, 2.24) is 0 Å². The Morgan fingerprint density at radius 1 is 1.38 bits per heavy atom. The van der Waals surface area contributed by atoms with Crippen LogP contribution >= 0.6 is 0 Å². The van der Waals surface area contributed by atoms with Gasteiger partial charge in [-0.3, -0.25) is 4.79 Å². The van der Waals surface area contributed by atoms with E-state index in [4.69, 9.17) is 0 Å². The second kappa shape index (κ2) is 7.21. The predicted molar refractivity (Wildman–Crippen MR) is 23.9 cm³/mol. The van der Waals surface area contributed by atoms with E-state index in [1.165, 1.54) is 14.2 Å². The maximum atomic E-state index is 9.72. The Kier molecular flexibility index (Phi) is 9.98. The van der Waals surface area contributed by atoms with Crippen molar-refractivity contribution in [3.05, 3.63) is 0 Å². The Hall–Kier alpha value is 0.213. The van der Waals surface area contributed by atoms with Crippen molar-refractivity contribution in [2.45, 2.75) is 6.29 Å². The summed E-state index contributed by atoms with van der Waals surface area (Å²) in [5, 5.41) is 0.